The minimum absolute atomic E-state index is 0.638. The Morgan fingerprint density at radius 3 is 2.86 bits per heavy atom. The van der Waals surface area contributed by atoms with Crippen LogP contribution in [-0.4, -0.2) is 29.7 Å². The molecule has 0 amide bonds. The van der Waals surface area contributed by atoms with Crippen LogP contribution >= 0.6 is 11.5 Å². The van der Waals surface area contributed by atoms with E-state index in [1.807, 2.05) is 6.92 Å². The molecule has 0 aromatic carbocycles. The van der Waals surface area contributed by atoms with Crippen molar-refractivity contribution in [2.45, 2.75) is 13.0 Å². The van der Waals surface area contributed by atoms with Crippen molar-refractivity contribution in [1.82, 2.24) is 24.6 Å². The third-order valence-corrected chi connectivity index (χ3v) is 2.84. The van der Waals surface area contributed by atoms with Gasteiger partial charge in [0.1, 0.15) is 6.10 Å². The summed E-state index contributed by atoms with van der Waals surface area (Å²) in [7, 11) is 1.73. The van der Waals surface area contributed by atoms with Crippen LogP contribution < -0.4 is 0 Å². The van der Waals surface area contributed by atoms with E-state index in [0.29, 0.717) is 5.69 Å². The maximum Gasteiger partial charge on any atom is 0.135 e. The van der Waals surface area contributed by atoms with Gasteiger partial charge < -0.3 is 5.11 Å². The molecule has 0 aliphatic heterocycles. The molecular formula is C7H9N5OS. The number of aromatic nitrogens is 5. The predicted molar refractivity (Wildman–Crippen MR) is 49.7 cm³/mol. The van der Waals surface area contributed by atoms with E-state index in [0.717, 1.165) is 10.6 Å². The van der Waals surface area contributed by atoms with Gasteiger partial charge in [-0.15, -0.1) is 10.2 Å². The highest BCUT2D eigenvalue weighted by molar-refractivity contribution is 7.05. The van der Waals surface area contributed by atoms with Crippen molar-refractivity contribution in [2.75, 3.05) is 0 Å². The van der Waals surface area contributed by atoms with Gasteiger partial charge in [0.25, 0.3) is 0 Å². The fourth-order valence-electron chi connectivity index (χ4n) is 1.17. The zero-order valence-corrected chi connectivity index (χ0v) is 8.56. The van der Waals surface area contributed by atoms with E-state index < -0.39 is 6.10 Å². The molecule has 1 N–H and O–H groups in total. The summed E-state index contributed by atoms with van der Waals surface area (Å²) in [5.41, 5.74) is 1.38. The molecule has 7 heteroatoms. The number of rotatable bonds is 2. The molecule has 0 radical (unpaired) electrons. The highest BCUT2D eigenvalue weighted by atomic mass is 32.1. The molecule has 0 fully saturated rings. The molecule has 2 rings (SSSR count). The minimum Gasteiger partial charge on any atom is -0.381 e. The van der Waals surface area contributed by atoms with Crippen molar-refractivity contribution >= 4 is 11.5 Å². The van der Waals surface area contributed by atoms with E-state index in [4.69, 9.17) is 0 Å². The van der Waals surface area contributed by atoms with Gasteiger partial charge >= 0.3 is 0 Å². The van der Waals surface area contributed by atoms with Crippen molar-refractivity contribution in [3.05, 3.63) is 22.5 Å². The quantitative estimate of drug-likeness (QED) is 0.760. The van der Waals surface area contributed by atoms with Gasteiger partial charge in [-0.1, -0.05) is 9.70 Å². The smallest absolute Gasteiger partial charge is 0.135 e. The van der Waals surface area contributed by atoms with E-state index >= 15 is 0 Å². The predicted octanol–water partition coefficient (Wildman–Crippen LogP) is 0.0567. The van der Waals surface area contributed by atoms with Crippen molar-refractivity contribution in [3.8, 4) is 0 Å². The molecule has 0 saturated heterocycles. The van der Waals surface area contributed by atoms with Crippen LogP contribution in [-0.2, 0) is 7.05 Å². The summed E-state index contributed by atoms with van der Waals surface area (Å²) < 4.78 is 5.30. The molecule has 2 aromatic rings. The number of nitrogens with zero attached hydrogens (tertiary/aromatic N) is 5. The lowest BCUT2D eigenvalue weighted by molar-refractivity contribution is 0.212. The fraction of sp³-hybridized carbons (Fsp3) is 0.429. The highest BCUT2D eigenvalue weighted by Gasteiger charge is 2.19. The number of aliphatic hydroxyl groups excluding tert-OH is 1. The van der Waals surface area contributed by atoms with Crippen molar-refractivity contribution in [3.63, 3.8) is 0 Å². The normalized spacial score (nSPS) is 13.1. The monoisotopic (exact) mass is 211 g/mol. The first-order chi connectivity index (χ1) is 6.70. The van der Waals surface area contributed by atoms with Crippen LogP contribution in [0.5, 0.6) is 0 Å². The molecule has 1 unspecified atom stereocenters. The second-order valence-corrected chi connectivity index (χ2v) is 3.69. The third-order valence-electron chi connectivity index (χ3n) is 1.96. The molecule has 0 spiro atoms. The molecular weight excluding hydrogens is 202 g/mol. The first kappa shape index (κ1) is 9.22. The topological polar surface area (TPSA) is 76.7 Å². The zero-order chi connectivity index (χ0) is 10.1. The van der Waals surface area contributed by atoms with Gasteiger partial charge in [0.2, 0.25) is 0 Å². The van der Waals surface area contributed by atoms with Crippen molar-refractivity contribution in [1.29, 1.82) is 0 Å². The molecule has 1 atom stereocenters. The van der Waals surface area contributed by atoms with E-state index in [1.165, 1.54) is 22.4 Å². The average molecular weight is 211 g/mol. The van der Waals surface area contributed by atoms with Gasteiger partial charge in [0.05, 0.1) is 22.5 Å². The Balaban J connectivity index is 2.38. The number of hydrogen-bond donors (Lipinski definition) is 1. The largest absolute Gasteiger partial charge is 0.381 e. The van der Waals surface area contributed by atoms with E-state index in [9.17, 15) is 5.11 Å². The van der Waals surface area contributed by atoms with Crippen LogP contribution in [0.3, 0.4) is 0 Å². The number of aliphatic hydroxyl groups is 1. The van der Waals surface area contributed by atoms with Crippen molar-refractivity contribution < 1.29 is 5.11 Å². The standard InChI is InChI=1S/C7H9N5OS/c1-4-7(14-11-9-4)6(13)5-3-8-10-12(5)2/h3,6,13H,1-2H3. The highest BCUT2D eigenvalue weighted by Crippen LogP contribution is 2.24. The number of aryl methyl sites for hydroxylation is 2. The SMILES string of the molecule is Cc1nnsc1C(O)c1cnnn1C. The molecule has 2 heterocycles. The Morgan fingerprint density at radius 1 is 1.57 bits per heavy atom. The molecule has 0 bridgehead atoms. The Hall–Kier alpha value is -1.34. The lowest BCUT2D eigenvalue weighted by Crippen LogP contribution is -2.06. The Morgan fingerprint density at radius 2 is 2.36 bits per heavy atom. The van der Waals surface area contributed by atoms with Gasteiger partial charge in [-0.05, 0) is 18.5 Å². The Kier molecular flexibility index (Phi) is 2.26. The van der Waals surface area contributed by atoms with Crippen LogP contribution in [0.15, 0.2) is 6.20 Å². The summed E-state index contributed by atoms with van der Waals surface area (Å²) >= 11 is 1.18. The molecule has 14 heavy (non-hydrogen) atoms. The van der Waals surface area contributed by atoms with Gasteiger partial charge in [-0.2, -0.15) is 0 Å². The van der Waals surface area contributed by atoms with Crippen LogP contribution in [0.1, 0.15) is 22.4 Å². The summed E-state index contributed by atoms with van der Waals surface area (Å²) in [4.78, 5) is 0.732. The summed E-state index contributed by atoms with van der Waals surface area (Å²) in [6.07, 6.45) is 0.791. The second kappa shape index (κ2) is 3.43. The van der Waals surface area contributed by atoms with Crippen molar-refractivity contribution in [2.24, 2.45) is 7.05 Å². The van der Waals surface area contributed by atoms with Crippen LogP contribution in [0.4, 0.5) is 0 Å². The molecule has 0 aliphatic rings. The van der Waals surface area contributed by atoms with Crippen LogP contribution in [0, 0.1) is 6.92 Å². The summed E-state index contributed by atoms with van der Waals surface area (Å²) in [5.74, 6) is 0. The third kappa shape index (κ3) is 1.40. The fourth-order valence-corrected chi connectivity index (χ4v) is 1.81. The minimum atomic E-state index is -0.741. The molecule has 2 aromatic heterocycles. The summed E-state index contributed by atoms with van der Waals surface area (Å²) in [5, 5.41) is 21.2. The Labute approximate surface area is 84.4 Å². The molecule has 0 aliphatic carbocycles. The van der Waals surface area contributed by atoms with Gasteiger partial charge in [-0.25, -0.2) is 4.68 Å². The van der Waals surface area contributed by atoms with E-state index in [2.05, 4.69) is 19.9 Å². The summed E-state index contributed by atoms with van der Waals surface area (Å²) in [6, 6.07) is 0. The maximum atomic E-state index is 9.96. The first-order valence-electron chi connectivity index (χ1n) is 4.01. The van der Waals surface area contributed by atoms with Gasteiger partial charge in [0, 0.05) is 7.05 Å². The average Bonchev–Trinajstić information content (AvgIpc) is 2.73. The van der Waals surface area contributed by atoms with Gasteiger partial charge in [0.15, 0.2) is 0 Å². The van der Waals surface area contributed by atoms with E-state index in [1.54, 1.807) is 7.05 Å². The number of hydrogen-bond acceptors (Lipinski definition) is 6. The molecule has 0 saturated carbocycles. The van der Waals surface area contributed by atoms with Gasteiger partial charge in [-0.3, -0.25) is 0 Å². The second-order valence-electron chi connectivity index (χ2n) is 2.91. The lowest BCUT2D eigenvalue weighted by atomic mass is 10.2. The first-order valence-corrected chi connectivity index (χ1v) is 4.79. The van der Waals surface area contributed by atoms with E-state index in [-0.39, 0.29) is 0 Å². The van der Waals surface area contributed by atoms with Crippen LogP contribution in [0.2, 0.25) is 0 Å². The maximum absolute atomic E-state index is 9.96. The Bertz CT molecular complexity index is 396. The summed E-state index contributed by atoms with van der Waals surface area (Å²) in [6.45, 7) is 1.81. The van der Waals surface area contributed by atoms with Crippen LogP contribution in [0.25, 0.3) is 0 Å². The molecule has 6 nitrogen and oxygen atoms in total. The zero-order valence-electron chi connectivity index (χ0n) is 7.75. The lowest BCUT2D eigenvalue weighted by Gasteiger charge is -2.07. The molecule has 74 valence electrons.